The lowest BCUT2D eigenvalue weighted by Gasteiger charge is -2.34. The summed E-state index contributed by atoms with van der Waals surface area (Å²) >= 11 is 0. The zero-order valence-corrected chi connectivity index (χ0v) is 21.4. The minimum absolute atomic E-state index is 0.158. The molecule has 1 saturated carbocycles. The molecule has 0 aromatic heterocycles. The molecule has 2 atom stereocenters. The van der Waals surface area contributed by atoms with Crippen LogP contribution in [-0.2, 0) is 23.7 Å². The maximum atomic E-state index is 12.8. The van der Waals surface area contributed by atoms with Crippen LogP contribution in [0.1, 0.15) is 90.9 Å². The molecule has 34 heavy (non-hydrogen) atoms. The molecule has 0 aliphatic heterocycles. The molecule has 2 N–H and O–H groups in total. The van der Waals surface area contributed by atoms with Crippen LogP contribution < -0.4 is 5.73 Å². The van der Waals surface area contributed by atoms with Crippen LogP contribution >= 0.6 is 0 Å². The number of esters is 1. The van der Waals surface area contributed by atoms with E-state index in [9.17, 15) is 14.4 Å². The molecule has 0 aromatic rings. The van der Waals surface area contributed by atoms with Crippen molar-refractivity contribution in [1.82, 2.24) is 4.90 Å². The third kappa shape index (κ3) is 11.9. The Balaban J connectivity index is 2.71. The Bertz CT molecular complexity index is 582. The number of hydrogen-bond donors (Lipinski definition) is 1. The number of ether oxygens (including phenoxy) is 4. The van der Waals surface area contributed by atoms with Gasteiger partial charge in [0, 0.05) is 32.0 Å². The van der Waals surface area contributed by atoms with E-state index in [0.29, 0.717) is 25.9 Å². The largest absolute Gasteiger partial charge is 0.508 e. The zero-order valence-electron chi connectivity index (χ0n) is 21.4. The molecule has 0 aromatic carbocycles. The molecule has 1 aliphatic rings. The van der Waals surface area contributed by atoms with Crippen LogP contribution in [-0.4, -0.2) is 68.7 Å². The van der Waals surface area contributed by atoms with Crippen molar-refractivity contribution in [2.75, 3.05) is 33.4 Å². The quantitative estimate of drug-likeness (QED) is 0.188. The first kappa shape index (κ1) is 30.0. The highest BCUT2D eigenvalue weighted by Gasteiger charge is 2.30. The van der Waals surface area contributed by atoms with E-state index in [1.54, 1.807) is 18.7 Å². The Kier molecular flexibility index (Phi) is 16.2. The number of amides is 1. The molecule has 1 aliphatic carbocycles. The first-order chi connectivity index (χ1) is 16.5. The van der Waals surface area contributed by atoms with E-state index in [0.717, 1.165) is 57.8 Å². The highest BCUT2D eigenvalue weighted by Crippen LogP contribution is 2.30. The van der Waals surface area contributed by atoms with E-state index in [4.69, 9.17) is 19.9 Å². The van der Waals surface area contributed by atoms with Crippen molar-refractivity contribution in [3.05, 3.63) is 0 Å². The number of carbonyl (C=O) groups is 3. The molecular formula is C25H46N2O7. The zero-order chi connectivity index (χ0) is 25.2. The van der Waals surface area contributed by atoms with Gasteiger partial charge in [-0.15, -0.1) is 0 Å². The van der Waals surface area contributed by atoms with Gasteiger partial charge in [-0.1, -0.05) is 38.5 Å². The maximum absolute atomic E-state index is 12.8. The summed E-state index contributed by atoms with van der Waals surface area (Å²) in [5.41, 5.74) is 6.06. The van der Waals surface area contributed by atoms with Crippen LogP contribution in [0, 0.1) is 5.92 Å². The van der Waals surface area contributed by atoms with Gasteiger partial charge in [-0.3, -0.25) is 4.79 Å². The Morgan fingerprint density at radius 3 is 2.24 bits per heavy atom. The molecule has 0 bridgehead atoms. The van der Waals surface area contributed by atoms with E-state index < -0.39 is 6.16 Å². The Labute approximate surface area is 205 Å². The minimum atomic E-state index is -0.650. The first-order valence-corrected chi connectivity index (χ1v) is 13.0. The van der Waals surface area contributed by atoms with Gasteiger partial charge in [0.2, 0.25) is 0 Å². The highest BCUT2D eigenvalue weighted by molar-refractivity contribution is 5.69. The van der Waals surface area contributed by atoms with E-state index in [1.807, 2.05) is 0 Å². The average molecular weight is 487 g/mol. The lowest BCUT2D eigenvalue weighted by Crippen LogP contribution is -2.46. The van der Waals surface area contributed by atoms with Crippen LogP contribution in [0.15, 0.2) is 0 Å². The van der Waals surface area contributed by atoms with Crippen LogP contribution in [0.3, 0.4) is 0 Å². The molecule has 0 saturated heterocycles. The highest BCUT2D eigenvalue weighted by atomic mass is 16.7. The molecule has 9 heteroatoms. The summed E-state index contributed by atoms with van der Waals surface area (Å²) in [6.45, 7) is 4.81. The fourth-order valence-corrected chi connectivity index (χ4v) is 4.57. The second kappa shape index (κ2) is 18.3. The van der Waals surface area contributed by atoms with Crippen LogP contribution in [0.2, 0.25) is 0 Å². The normalized spacial score (nSPS) is 15.8. The van der Waals surface area contributed by atoms with Crippen molar-refractivity contribution in [1.29, 1.82) is 0 Å². The van der Waals surface area contributed by atoms with E-state index in [-0.39, 0.29) is 43.3 Å². The second-order valence-electron chi connectivity index (χ2n) is 8.84. The standard InChI is InChI=1S/C25H46N2O7/c1-4-32-24(29)27(21(19-26)15-11-6-7-12-16-23(28)31-3)18-17-22(34-25(30)33-5-2)20-13-9-8-10-14-20/h20-22H,4-19,26H2,1-3H3. The van der Waals surface area contributed by atoms with Gasteiger partial charge in [-0.25, -0.2) is 9.59 Å². The molecule has 1 fully saturated rings. The summed E-state index contributed by atoms with van der Waals surface area (Å²) in [4.78, 5) is 37.8. The van der Waals surface area contributed by atoms with Crippen LogP contribution in [0.4, 0.5) is 9.59 Å². The Hall–Kier alpha value is -2.03. The average Bonchev–Trinajstić information content (AvgIpc) is 2.84. The summed E-state index contributed by atoms with van der Waals surface area (Å²) < 4.78 is 20.7. The molecule has 9 nitrogen and oxygen atoms in total. The lowest BCUT2D eigenvalue weighted by molar-refractivity contribution is -0.140. The fraction of sp³-hybridized carbons (Fsp3) is 0.880. The van der Waals surface area contributed by atoms with Crippen LogP contribution in [0.25, 0.3) is 0 Å². The fourth-order valence-electron chi connectivity index (χ4n) is 4.57. The third-order valence-electron chi connectivity index (χ3n) is 6.45. The van der Waals surface area contributed by atoms with Crippen molar-refractivity contribution < 1.29 is 33.3 Å². The van der Waals surface area contributed by atoms with Gasteiger partial charge >= 0.3 is 18.2 Å². The molecule has 0 heterocycles. The number of nitrogens with two attached hydrogens (primary N) is 1. The van der Waals surface area contributed by atoms with Crippen molar-refractivity contribution in [2.24, 2.45) is 11.7 Å². The number of carbonyl (C=O) groups excluding carboxylic acids is 3. The second-order valence-corrected chi connectivity index (χ2v) is 8.84. The molecule has 1 rings (SSSR count). The summed E-state index contributed by atoms with van der Waals surface area (Å²) in [6, 6.07) is -0.158. The van der Waals surface area contributed by atoms with Crippen LogP contribution in [0.5, 0.6) is 0 Å². The van der Waals surface area contributed by atoms with Gasteiger partial charge in [0.25, 0.3) is 0 Å². The molecule has 2 unspecified atom stereocenters. The number of nitrogens with zero attached hydrogens (tertiary/aromatic N) is 1. The van der Waals surface area contributed by atoms with Crippen molar-refractivity contribution in [3.8, 4) is 0 Å². The predicted molar refractivity (Wildman–Crippen MR) is 129 cm³/mol. The summed E-state index contributed by atoms with van der Waals surface area (Å²) in [6.07, 6.45) is 9.37. The Morgan fingerprint density at radius 2 is 1.62 bits per heavy atom. The van der Waals surface area contributed by atoms with Crippen molar-refractivity contribution >= 4 is 18.2 Å². The SMILES string of the molecule is CCOC(=O)OC(CCN(C(=O)OCC)C(CN)CCCCCCC(=O)OC)C1CCCCC1. The summed E-state index contributed by atoms with van der Waals surface area (Å²) in [7, 11) is 1.40. The van der Waals surface area contributed by atoms with Gasteiger partial charge in [0.15, 0.2) is 0 Å². The molecular weight excluding hydrogens is 440 g/mol. The van der Waals surface area contributed by atoms with Gasteiger partial charge in [0.1, 0.15) is 6.10 Å². The van der Waals surface area contributed by atoms with Gasteiger partial charge in [-0.2, -0.15) is 0 Å². The smallest absolute Gasteiger partial charge is 0.469 e. The number of methoxy groups -OCH3 is 1. The maximum Gasteiger partial charge on any atom is 0.508 e. The summed E-state index contributed by atoms with van der Waals surface area (Å²) in [5, 5.41) is 0. The Morgan fingerprint density at radius 1 is 0.941 bits per heavy atom. The molecule has 0 spiro atoms. The van der Waals surface area contributed by atoms with Gasteiger partial charge in [-0.05, 0) is 45.4 Å². The molecule has 198 valence electrons. The molecule has 1 amide bonds. The van der Waals surface area contributed by atoms with Gasteiger partial charge < -0.3 is 29.6 Å². The van der Waals surface area contributed by atoms with E-state index >= 15 is 0 Å². The summed E-state index contributed by atoms with van der Waals surface area (Å²) in [5.74, 6) is 0.0826. The predicted octanol–water partition coefficient (Wildman–Crippen LogP) is 4.80. The molecule has 0 radical (unpaired) electrons. The topological polar surface area (TPSA) is 117 Å². The van der Waals surface area contributed by atoms with E-state index in [1.165, 1.54) is 13.5 Å². The lowest BCUT2D eigenvalue weighted by atomic mass is 9.84. The van der Waals surface area contributed by atoms with E-state index in [2.05, 4.69) is 4.74 Å². The first-order valence-electron chi connectivity index (χ1n) is 13.0. The van der Waals surface area contributed by atoms with Gasteiger partial charge in [0.05, 0.1) is 20.3 Å². The third-order valence-corrected chi connectivity index (χ3v) is 6.45. The van der Waals surface area contributed by atoms with Crippen molar-refractivity contribution in [2.45, 2.75) is 103 Å². The minimum Gasteiger partial charge on any atom is -0.469 e. The number of hydrogen-bond acceptors (Lipinski definition) is 8. The van der Waals surface area contributed by atoms with Crippen molar-refractivity contribution in [3.63, 3.8) is 0 Å². The number of unbranched alkanes of at least 4 members (excludes halogenated alkanes) is 3. The number of rotatable bonds is 16. The monoisotopic (exact) mass is 486 g/mol.